The van der Waals surface area contributed by atoms with Crippen LogP contribution in [0.15, 0.2) is 24.3 Å². The molecule has 1 heterocycles. The molecule has 0 saturated heterocycles. The van der Waals surface area contributed by atoms with Gasteiger partial charge in [-0.05, 0) is 25.0 Å². The molecule has 2 unspecified atom stereocenters. The molecule has 114 valence electrons. The van der Waals surface area contributed by atoms with Crippen molar-refractivity contribution in [2.45, 2.75) is 45.1 Å². The molecule has 1 aliphatic heterocycles. The van der Waals surface area contributed by atoms with Crippen LogP contribution in [-0.4, -0.2) is 29.7 Å². The Balaban J connectivity index is 2.15. The maximum atomic E-state index is 12.4. The smallest absolute Gasteiger partial charge is 0.322 e. The molecule has 2 amide bonds. The van der Waals surface area contributed by atoms with Gasteiger partial charge in [-0.1, -0.05) is 31.5 Å². The van der Waals surface area contributed by atoms with Crippen molar-refractivity contribution in [3.63, 3.8) is 0 Å². The number of carboxylic acids is 1. The standard InChI is InChI=1S/C16H22N2O3/c1-3-6-11(2)17-16(21)18-10-12(9-15(19)20)13-7-4-5-8-14(13)18/h4-5,7-8,11-12H,3,6,9-10H2,1-2H3,(H,17,21)(H,19,20). The number of fused-ring (bicyclic) bond motifs is 1. The van der Waals surface area contributed by atoms with Gasteiger partial charge >= 0.3 is 12.0 Å². The maximum absolute atomic E-state index is 12.4. The number of carbonyl (C=O) groups excluding carboxylic acids is 1. The number of carbonyl (C=O) groups is 2. The van der Waals surface area contributed by atoms with Crippen LogP contribution in [-0.2, 0) is 4.79 Å². The van der Waals surface area contributed by atoms with Crippen molar-refractivity contribution in [3.8, 4) is 0 Å². The lowest BCUT2D eigenvalue weighted by Crippen LogP contribution is -2.43. The van der Waals surface area contributed by atoms with Gasteiger partial charge in [-0.2, -0.15) is 0 Å². The summed E-state index contributed by atoms with van der Waals surface area (Å²) in [7, 11) is 0. The third-order valence-corrected chi connectivity index (χ3v) is 3.83. The molecule has 2 N–H and O–H groups in total. The Bertz CT molecular complexity index is 530. The molecule has 2 rings (SSSR count). The van der Waals surface area contributed by atoms with Crippen LogP contribution in [0.25, 0.3) is 0 Å². The minimum atomic E-state index is -0.837. The Kier molecular flexibility index (Phi) is 4.83. The van der Waals surface area contributed by atoms with E-state index in [4.69, 9.17) is 5.11 Å². The van der Waals surface area contributed by atoms with Crippen LogP contribution in [0.4, 0.5) is 10.5 Å². The summed E-state index contributed by atoms with van der Waals surface area (Å²) in [5.74, 6) is -0.970. The van der Waals surface area contributed by atoms with E-state index in [0.717, 1.165) is 24.1 Å². The van der Waals surface area contributed by atoms with Gasteiger partial charge < -0.3 is 10.4 Å². The lowest BCUT2D eigenvalue weighted by Gasteiger charge is -2.21. The minimum absolute atomic E-state index is 0.0469. The second kappa shape index (κ2) is 6.61. The summed E-state index contributed by atoms with van der Waals surface area (Å²) in [4.78, 5) is 25.0. The molecule has 1 aromatic rings. The lowest BCUT2D eigenvalue weighted by atomic mass is 9.98. The van der Waals surface area contributed by atoms with Crippen molar-refractivity contribution in [1.82, 2.24) is 5.32 Å². The summed E-state index contributed by atoms with van der Waals surface area (Å²) in [5.41, 5.74) is 1.77. The first-order chi connectivity index (χ1) is 10.0. The fraction of sp³-hybridized carbons (Fsp3) is 0.500. The van der Waals surface area contributed by atoms with Gasteiger partial charge in [-0.3, -0.25) is 9.69 Å². The zero-order valence-electron chi connectivity index (χ0n) is 12.5. The van der Waals surface area contributed by atoms with Crippen molar-refractivity contribution in [2.24, 2.45) is 0 Å². The van der Waals surface area contributed by atoms with Crippen molar-refractivity contribution >= 4 is 17.7 Å². The van der Waals surface area contributed by atoms with Crippen molar-refractivity contribution in [1.29, 1.82) is 0 Å². The molecule has 0 aromatic heterocycles. The van der Waals surface area contributed by atoms with E-state index in [-0.39, 0.29) is 24.4 Å². The Morgan fingerprint density at radius 2 is 2.14 bits per heavy atom. The fourth-order valence-electron chi connectivity index (χ4n) is 2.87. The van der Waals surface area contributed by atoms with Gasteiger partial charge in [0.1, 0.15) is 0 Å². The number of benzene rings is 1. The van der Waals surface area contributed by atoms with E-state index < -0.39 is 5.97 Å². The van der Waals surface area contributed by atoms with E-state index in [2.05, 4.69) is 12.2 Å². The summed E-state index contributed by atoms with van der Waals surface area (Å²) < 4.78 is 0. The van der Waals surface area contributed by atoms with Gasteiger partial charge in [-0.25, -0.2) is 4.79 Å². The molecular weight excluding hydrogens is 268 g/mol. The molecule has 0 aliphatic carbocycles. The average molecular weight is 290 g/mol. The number of anilines is 1. The molecule has 5 heteroatoms. The lowest BCUT2D eigenvalue weighted by molar-refractivity contribution is -0.137. The average Bonchev–Trinajstić information content (AvgIpc) is 2.77. The summed E-state index contributed by atoms with van der Waals surface area (Å²) in [6.07, 6.45) is 1.99. The predicted molar refractivity (Wildman–Crippen MR) is 81.7 cm³/mol. The first kappa shape index (κ1) is 15.4. The Hall–Kier alpha value is -2.04. The molecule has 1 aliphatic rings. The highest BCUT2D eigenvalue weighted by molar-refractivity contribution is 5.95. The van der Waals surface area contributed by atoms with Gasteiger partial charge in [0, 0.05) is 24.2 Å². The molecule has 0 radical (unpaired) electrons. The number of carboxylic acid groups (broad SMARTS) is 1. The van der Waals surface area contributed by atoms with Crippen molar-refractivity contribution < 1.29 is 14.7 Å². The van der Waals surface area contributed by atoms with Crippen molar-refractivity contribution in [2.75, 3.05) is 11.4 Å². The number of nitrogens with one attached hydrogen (secondary N) is 1. The molecule has 5 nitrogen and oxygen atoms in total. The van der Waals surface area contributed by atoms with E-state index in [9.17, 15) is 9.59 Å². The summed E-state index contributed by atoms with van der Waals surface area (Å²) >= 11 is 0. The molecule has 0 bridgehead atoms. The number of aliphatic carboxylic acids is 1. The second-order valence-corrected chi connectivity index (χ2v) is 5.60. The van der Waals surface area contributed by atoms with E-state index in [1.165, 1.54) is 0 Å². The zero-order chi connectivity index (χ0) is 15.4. The maximum Gasteiger partial charge on any atom is 0.322 e. The highest BCUT2D eigenvalue weighted by atomic mass is 16.4. The molecule has 0 saturated carbocycles. The Morgan fingerprint density at radius 3 is 2.81 bits per heavy atom. The third kappa shape index (κ3) is 3.54. The highest BCUT2D eigenvalue weighted by Gasteiger charge is 2.33. The number of nitrogens with zero attached hydrogens (tertiary/aromatic N) is 1. The van der Waals surface area contributed by atoms with Crippen LogP contribution in [0.3, 0.4) is 0 Å². The second-order valence-electron chi connectivity index (χ2n) is 5.60. The minimum Gasteiger partial charge on any atom is -0.481 e. The Morgan fingerprint density at radius 1 is 1.43 bits per heavy atom. The predicted octanol–water partition coefficient (Wildman–Crippen LogP) is 2.96. The quantitative estimate of drug-likeness (QED) is 0.876. The monoisotopic (exact) mass is 290 g/mol. The van der Waals surface area contributed by atoms with Crippen LogP contribution in [0.5, 0.6) is 0 Å². The number of urea groups is 1. The van der Waals surface area contributed by atoms with Crippen LogP contribution < -0.4 is 10.2 Å². The fourth-order valence-corrected chi connectivity index (χ4v) is 2.87. The normalized spacial score (nSPS) is 18.2. The van der Waals surface area contributed by atoms with Crippen LogP contribution >= 0.6 is 0 Å². The van der Waals surface area contributed by atoms with Gasteiger partial charge in [0.25, 0.3) is 0 Å². The molecular formula is C16H22N2O3. The summed E-state index contributed by atoms with van der Waals surface area (Å²) in [6.45, 7) is 4.49. The number of hydrogen-bond donors (Lipinski definition) is 2. The highest BCUT2D eigenvalue weighted by Crippen LogP contribution is 2.37. The van der Waals surface area contributed by atoms with E-state index in [1.54, 1.807) is 4.90 Å². The summed E-state index contributed by atoms with van der Waals surface area (Å²) in [6, 6.07) is 7.52. The van der Waals surface area contributed by atoms with Crippen LogP contribution in [0.2, 0.25) is 0 Å². The third-order valence-electron chi connectivity index (χ3n) is 3.83. The number of para-hydroxylation sites is 1. The number of rotatable bonds is 5. The SMILES string of the molecule is CCCC(C)NC(=O)N1CC(CC(=O)O)c2ccccc21. The van der Waals surface area contributed by atoms with Gasteiger partial charge in [0.15, 0.2) is 0 Å². The molecule has 0 spiro atoms. The van der Waals surface area contributed by atoms with E-state index in [0.29, 0.717) is 6.54 Å². The van der Waals surface area contributed by atoms with E-state index in [1.807, 2.05) is 31.2 Å². The molecule has 1 aromatic carbocycles. The number of hydrogen-bond acceptors (Lipinski definition) is 2. The van der Waals surface area contributed by atoms with Gasteiger partial charge in [0.2, 0.25) is 0 Å². The van der Waals surface area contributed by atoms with Crippen LogP contribution in [0, 0.1) is 0 Å². The van der Waals surface area contributed by atoms with Gasteiger partial charge in [0.05, 0.1) is 6.42 Å². The van der Waals surface area contributed by atoms with Crippen molar-refractivity contribution in [3.05, 3.63) is 29.8 Å². The first-order valence-electron chi connectivity index (χ1n) is 7.41. The topological polar surface area (TPSA) is 69.6 Å². The van der Waals surface area contributed by atoms with Gasteiger partial charge in [-0.15, -0.1) is 0 Å². The Labute approximate surface area is 125 Å². The summed E-state index contributed by atoms with van der Waals surface area (Å²) in [5, 5.41) is 12.0. The molecule has 2 atom stereocenters. The first-order valence-corrected chi connectivity index (χ1v) is 7.41. The molecule has 21 heavy (non-hydrogen) atoms. The zero-order valence-corrected chi connectivity index (χ0v) is 12.5. The van der Waals surface area contributed by atoms with Crippen LogP contribution in [0.1, 0.15) is 44.6 Å². The van der Waals surface area contributed by atoms with E-state index >= 15 is 0 Å². The number of amides is 2. The largest absolute Gasteiger partial charge is 0.481 e. The molecule has 0 fully saturated rings.